The highest BCUT2D eigenvalue weighted by molar-refractivity contribution is 7.89. The Labute approximate surface area is 142 Å². The van der Waals surface area contributed by atoms with Gasteiger partial charge in [0.15, 0.2) is 0 Å². The Kier molecular flexibility index (Phi) is 4.98. The molecule has 0 N–H and O–H groups in total. The van der Waals surface area contributed by atoms with Crippen LogP contribution in [0.2, 0.25) is 0 Å². The van der Waals surface area contributed by atoms with Gasteiger partial charge in [-0.15, -0.1) is 10.2 Å². The van der Waals surface area contributed by atoms with Crippen molar-refractivity contribution < 1.29 is 12.8 Å². The molecule has 1 aromatic heterocycles. The summed E-state index contributed by atoms with van der Waals surface area (Å²) in [6.45, 7) is 4.22. The van der Waals surface area contributed by atoms with Gasteiger partial charge < -0.3 is 9.32 Å². The van der Waals surface area contributed by atoms with Crippen molar-refractivity contribution in [1.82, 2.24) is 19.4 Å². The fraction of sp³-hybridized carbons (Fsp3) is 0.500. The number of likely N-dealkylation sites (N-methyl/N-ethyl adjacent to an activating group) is 1. The van der Waals surface area contributed by atoms with E-state index in [-0.39, 0.29) is 10.9 Å². The number of hydrogen-bond donors (Lipinski definition) is 0. The van der Waals surface area contributed by atoms with Gasteiger partial charge in [-0.05, 0) is 44.6 Å². The van der Waals surface area contributed by atoms with Gasteiger partial charge in [0, 0.05) is 24.7 Å². The molecule has 1 aliphatic rings. The van der Waals surface area contributed by atoms with Crippen molar-refractivity contribution in [2.24, 2.45) is 0 Å². The topological polar surface area (TPSA) is 79.5 Å². The maximum absolute atomic E-state index is 13.2. The first kappa shape index (κ1) is 17.1. The summed E-state index contributed by atoms with van der Waals surface area (Å²) < 4.78 is 33.2. The van der Waals surface area contributed by atoms with Crippen LogP contribution in [0, 0.1) is 0 Å². The molecule has 0 bridgehead atoms. The number of hydrogen-bond acceptors (Lipinski definition) is 6. The average molecular weight is 350 g/mol. The number of sulfonamides is 1. The molecule has 1 aromatic carbocycles. The number of benzene rings is 1. The third-order valence-corrected chi connectivity index (χ3v) is 6.31. The largest absolute Gasteiger partial charge is 0.423 e. The van der Waals surface area contributed by atoms with Crippen LogP contribution in [0.15, 0.2) is 40.0 Å². The smallest absolute Gasteiger partial charge is 0.247 e. The van der Waals surface area contributed by atoms with E-state index in [1.807, 2.05) is 14.0 Å². The van der Waals surface area contributed by atoms with Crippen LogP contribution in [0.3, 0.4) is 0 Å². The molecule has 24 heavy (non-hydrogen) atoms. The maximum atomic E-state index is 13.2. The molecule has 0 radical (unpaired) electrons. The molecule has 2 aromatic rings. The summed E-state index contributed by atoms with van der Waals surface area (Å²) >= 11 is 0. The van der Waals surface area contributed by atoms with Crippen LogP contribution in [0.4, 0.5) is 0 Å². The highest BCUT2D eigenvalue weighted by Crippen LogP contribution is 2.26. The third kappa shape index (κ3) is 3.35. The SMILES string of the molecule is CCC1CN(C)CCCN1S(=O)(=O)c1cccc(-c2nnco2)c1. The highest BCUT2D eigenvalue weighted by atomic mass is 32.2. The molecule has 1 aliphatic heterocycles. The predicted octanol–water partition coefficient (Wildman–Crippen LogP) is 1.84. The number of rotatable bonds is 4. The van der Waals surface area contributed by atoms with Crippen LogP contribution in [-0.2, 0) is 10.0 Å². The maximum Gasteiger partial charge on any atom is 0.247 e. The average Bonchev–Trinajstić information content (AvgIpc) is 3.04. The quantitative estimate of drug-likeness (QED) is 0.837. The third-order valence-electron chi connectivity index (χ3n) is 4.37. The molecule has 1 fully saturated rings. The van der Waals surface area contributed by atoms with Gasteiger partial charge in [0.25, 0.3) is 0 Å². The lowest BCUT2D eigenvalue weighted by Crippen LogP contribution is -2.43. The molecule has 2 heterocycles. The number of nitrogens with zero attached hydrogens (tertiary/aromatic N) is 4. The van der Waals surface area contributed by atoms with E-state index in [1.165, 1.54) is 6.39 Å². The van der Waals surface area contributed by atoms with E-state index >= 15 is 0 Å². The molecule has 7 nitrogen and oxygen atoms in total. The van der Waals surface area contributed by atoms with Crippen LogP contribution in [0.1, 0.15) is 19.8 Å². The number of aromatic nitrogens is 2. The van der Waals surface area contributed by atoms with Gasteiger partial charge in [0.1, 0.15) is 0 Å². The lowest BCUT2D eigenvalue weighted by atomic mass is 10.2. The van der Waals surface area contributed by atoms with Crippen molar-refractivity contribution in [2.75, 3.05) is 26.7 Å². The van der Waals surface area contributed by atoms with Crippen LogP contribution >= 0.6 is 0 Å². The summed E-state index contributed by atoms with van der Waals surface area (Å²) in [5, 5.41) is 7.49. The van der Waals surface area contributed by atoms with Crippen LogP contribution < -0.4 is 0 Å². The van der Waals surface area contributed by atoms with Crippen molar-refractivity contribution in [1.29, 1.82) is 0 Å². The Balaban J connectivity index is 1.96. The van der Waals surface area contributed by atoms with E-state index in [0.29, 0.717) is 18.0 Å². The van der Waals surface area contributed by atoms with Crippen molar-refractivity contribution in [3.05, 3.63) is 30.7 Å². The Morgan fingerprint density at radius 3 is 2.88 bits per heavy atom. The lowest BCUT2D eigenvalue weighted by molar-refractivity contribution is 0.270. The van der Waals surface area contributed by atoms with E-state index in [9.17, 15) is 8.42 Å². The second kappa shape index (κ2) is 7.00. The van der Waals surface area contributed by atoms with Crippen LogP contribution in [0.5, 0.6) is 0 Å². The predicted molar refractivity (Wildman–Crippen MR) is 89.8 cm³/mol. The Morgan fingerprint density at radius 2 is 2.17 bits per heavy atom. The Morgan fingerprint density at radius 1 is 1.33 bits per heavy atom. The zero-order valence-corrected chi connectivity index (χ0v) is 14.7. The molecule has 0 saturated carbocycles. The van der Waals surface area contributed by atoms with Crippen LogP contribution in [0.25, 0.3) is 11.5 Å². The molecule has 3 rings (SSSR count). The second-order valence-corrected chi connectivity index (χ2v) is 7.96. The van der Waals surface area contributed by atoms with Crippen molar-refractivity contribution in [3.8, 4) is 11.5 Å². The molecular formula is C16H22N4O3S. The summed E-state index contributed by atoms with van der Waals surface area (Å²) in [6.07, 6.45) is 2.84. The van der Waals surface area contributed by atoms with Gasteiger partial charge >= 0.3 is 0 Å². The van der Waals surface area contributed by atoms with Gasteiger partial charge in [-0.25, -0.2) is 8.42 Å². The minimum absolute atomic E-state index is 0.0189. The first-order chi connectivity index (χ1) is 11.5. The van der Waals surface area contributed by atoms with E-state index < -0.39 is 10.0 Å². The first-order valence-electron chi connectivity index (χ1n) is 8.09. The van der Waals surface area contributed by atoms with Crippen LogP contribution in [-0.4, -0.2) is 60.5 Å². The second-order valence-electron chi connectivity index (χ2n) is 6.07. The molecule has 1 saturated heterocycles. The van der Waals surface area contributed by atoms with Gasteiger partial charge in [-0.2, -0.15) is 4.31 Å². The summed E-state index contributed by atoms with van der Waals surface area (Å²) in [5.74, 6) is 0.315. The normalized spacial score (nSPS) is 20.8. The first-order valence-corrected chi connectivity index (χ1v) is 9.53. The molecule has 0 aliphatic carbocycles. The molecule has 130 valence electrons. The van der Waals surface area contributed by atoms with E-state index in [1.54, 1.807) is 28.6 Å². The molecule has 1 unspecified atom stereocenters. The molecule has 0 spiro atoms. The van der Waals surface area contributed by atoms with Crippen molar-refractivity contribution >= 4 is 10.0 Å². The monoisotopic (exact) mass is 350 g/mol. The molecule has 0 amide bonds. The molecule has 8 heteroatoms. The van der Waals surface area contributed by atoms with Gasteiger partial charge in [-0.1, -0.05) is 13.0 Å². The minimum Gasteiger partial charge on any atom is -0.423 e. The van der Waals surface area contributed by atoms with Crippen molar-refractivity contribution in [3.63, 3.8) is 0 Å². The molecular weight excluding hydrogens is 328 g/mol. The van der Waals surface area contributed by atoms with Gasteiger partial charge in [0.05, 0.1) is 4.90 Å². The van der Waals surface area contributed by atoms with E-state index in [4.69, 9.17) is 4.42 Å². The minimum atomic E-state index is -3.57. The summed E-state index contributed by atoms with van der Waals surface area (Å²) in [4.78, 5) is 2.46. The Bertz CT molecular complexity index is 776. The fourth-order valence-electron chi connectivity index (χ4n) is 3.09. The van der Waals surface area contributed by atoms with Gasteiger partial charge in [0.2, 0.25) is 22.3 Å². The van der Waals surface area contributed by atoms with E-state index in [2.05, 4.69) is 15.1 Å². The zero-order chi connectivity index (χ0) is 17.2. The lowest BCUT2D eigenvalue weighted by Gasteiger charge is -2.29. The zero-order valence-electron chi connectivity index (χ0n) is 13.9. The van der Waals surface area contributed by atoms with Crippen molar-refractivity contribution in [2.45, 2.75) is 30.7 Å². The van der Waals surface area contributed by atoms with E-state index in [0.717, 1.165) is 25.9 Å². The fourth-order valence-corrected chi connectivity index (χ4v) is 4.87. The molecule has 1 atom stereocenters. The van der Waals surface area contributed by atoms with Gasteiger partial charge in [-0.3, -0.25) is 0 Å². The standard InChI is InChI=1S/C16H22N4O3S/c1-3-14-11-19(2)8-5-9-20(14)24(21,22)15-7-4-6-13(10-15)16-18-17-12-23-16/h4,6-7,10,12,14H,3,5,8-9,11H2,1-2H3. The summed E-state index contributed by atoms with van der Waals surface area (Å²) in [5.41, 5.74) is 0.605. The summed E-state index contributed by atoms with van der Waals surface area (Å²) in [7, 11) is -1.53. The highest BCUT2D eigenvalue weighted by Gasteiger charge is 2.33. The Hall–Kier alpha value is -1.77. The summed E-state index contributed by atoms with van der Waals surface area (Å²) in [6, 6.07) is 6.67.